The Hall–Kier alpha value is -2.54. The molecule has 0 aliphatic carbocycles. The molecular weight excluding hydrogens is 314 g/mol. The molecule has 4 aliphatic heterocycles. The number of nitrogens with zero attached hydrogens (tertiary/aromatic N) is 1. The Kier molecular flexibility index (Phi) is 2.60. The van der Waals surface area contributed by atoms with Crippen LogP contribution in [-0.4, -0.2) is 46.9 Å². The van der Waals surface area contributed by atoms with Crippen molar-refractivity contribution in [1.82, 2.24) is 4.90 Å². The molecule has 1 amide bonds. The number of aliphatic carboxylic acids is 1. The smallest absolute Gasteiger partial charge is 0.310 e. The summed E-state index contributed by atoms with van der Waals surface area (Å²) in [6, 6.07) is 5.55. The molecule has 4 unspecified atom stereocenters. The van der Waals surface area contributed by atoms with Crippen molar-refractivity contribution in [2.24, 2.45) is 11.8 Å². The molecule has 1 spiro atoms. The number of rotatable bonds is 3. The Balaban J connectivity index is 1.42. The summed E-state index contributed by atoms with van der Waals surface area (Å²) < 4.78 is 16.5. The van der Waals surface area contributed by atoms with Crippen molar-refractivity contribution in [3.05, 3.63) is 35.9 Å². The summed E-state index contributed by atoms with van der Waals surface area (Å²) in [5, 5.41) is 9.46. The molecule has 0 saturated carbocycles. The van der Waals surface area contributed by atoms with Crippen LogP contribution in [0.25, 0.3) is 0 Å². The number of carboxylic acids is 1. The first-order valence-corrected chi connectivity index (χ1v) is 7.85. The van der Waals surface area contributed by atoms with E-state index in [-0.39, 0.29) is 12.7 Å². The third kappa shape index (κ3) is 1.70. The lowest BCUT2D eigenvalue weighted by molar-refractivity contribution is -0.148. The van der Waals surface area contributed by atoms with Crippen molar-refractivity contribution in [2.75, 3.05) is 13.3 Å². The quantitative estimate of drug-likeness (QED) is 0.825. The van der Waals surface area contributed by atoms with Gasteiger partial charge in [-0.15, -0.1) is 0 Å². The molecule has 124 valence electrons. The average molecular weight is 329 g/mol. The predicted molar refractivity (Wildman–Crippen MR) is 79.3 cm³/mol. The summed E-state index contributed by atoms with van der Waals surface area (Å²) in [7, 11) is 0. The molecule has 2 bridgehead atoms. The van der Waals surface area contributed by atoms with Crippen LogP contribution in [0.1, 0.15) is 5.56 Å². The largest absolute Gasteiger partial charge is 0.481 e. The lowest BCUT2D eigenvalue weighted by Gasteiger charge is -2.21. The number of hydrogen-bond acceptors (Lipinski definition) is 5. The highest BCUT2D eigenvalue weighted by atomic mass is 16.7. The maximum atomic E-state index is 12.8. The molecule has 2 fully saturated rings. The van der Waals surface area contributed by atoms with Crippen molar-refractivity contribution in [3.63, 3.8) is 0 Å². The first kappa shape index (κ1) is 13.9. The van der Waals surface area contributed by atoms with E-state index >= 15 is 0 Å². The van der Waals surface area contributed by atoms with Crippen molar-refractivity contribution >= 4 is 11.9 Å². The molecule has 1 aromatic carbocycles. The van der Waals surface area contributed by atoms with Gasteiger partial charge in [-0.2, -0.15) is 0 Å². The number of benzene rings is 1. The highest BCUT2D eigenvalue weighted by Crippen LogP contribution is 2.52. The van der Waals surface area contributed by atoms with Crippen molar-refractivity contribution < 1.29 is 28.9 Å². The molecule has 7 nitrogen and oxygen atoms in total. The Morgan fingerprint density at radius 2 is 2.17 bits per heavy atom. The second-order valence-corrected chi connectivity index (χ2v) is 6.62. The molecule has 4 heterocycles. The topological polar surface area (TPSA) is 85.3 Å². The zero-order valence-corrected chi connectivity index (χ0v) is 12.7. The van der Waals surface area contributed by atoms with Gasteiger partial charge in [-0.05, 0) is 17.7 Å². The maximum Gasteiger partial charge on any atom is 0.310 e. The van der Waals surface area contributed by atoms with Gasteiger partial charge in [0.1, 0.15) is 11.5 Å². The van der Waals surface area contributed by atoms with Gasteiger partial charge in [-0.1, -0.05) is 18.2 Å². The second kappa shape index (κ2) is 4.51. The number of amides is 1. The monoisotopic (exact) mass is 329 g/mol. The number of carboxylic acid groups (broad SMARTS) is 1. The third-order valence-electron chi connectivity index (χ3n) is 5.27. The zero-order chi connectivity index (χ0) is 16.5. The van der Waals surface area contributed by atoms with E-state index in [0.717, 1.165) is 5.56 Å². The van der Waals surface area contributed by atoms with E-state index < -0.39 is 29.5 Å². The van der Waals surface area contributed by atoms with Crippen LogP contribution in [0.4, 0.5) is 0 Å². The Morgan fingerprint density at radius 1 is 1.33 bits per heavy atom. The van der Waals surface area contributed by atoms with E-state index in [1.165, 1.54) is 0 Å². The number of ether oxygens (including phenoxy) is 3. The van der Waals surface area contributed by atoms with Gasteiger partial charge in [-0.25, -0.2) is 0 Å². The summed E-state index contributed by atoms with van der Waals surface area (Å²) >= 11 is 0. The average Bonchev–Trinajstić information content (AvgIpc) is 3.28. The zero-order valence-electron chi connectivity index (χ0n) is 12.7. The van der Waals surface area contributed by atoms with Crippen LogP contribution in [0.15, 0.2) is 30.4 Å². The van der Waals surface area contributed by atoms with Gasteiger partial charge < -0.3 is 24.2 Å². The van der Waals surface area contributed by atoms with Gasteiger partial charge in [0.15, 0.2) is 11.5 Å². The van der Waals surface area contributed by atoms with E-state index in [9.17, 15) is 14.7 Å². The van der Waals surface area contributed by atoms with E-state index in [2.05, 4.69) is 0 Å². The minimum Gasteiger partial charge on any atom is -0.481 e. The van der Waals surface area contributed by atoms with Crippen LogP contribution in [-0.2, 0) is 20.9 Å². The number of carbonyl (C=O) groups is 2. The van der Waals surface area contributed by atoms with Gasteiger partial charge in [0.2, 0.25) is 12.7 Å². The van der Waals surface area contributed by atoms with Crippen LogP contribution < -0.4 is 9.47 Å². The van der Waals surface area contributed by atoms with Crippen LogP contribution in [0, 0.1) is 11.8 Å². The summed E-state index contributed by atoms with van der Waals surface area (Å²) in [6.45, 7) is 0.969. The molecule has 1 aromatic rings. The van der Waals surface area contributed by atoms with Crippen molar-refractivity contribution in [2.45, 2.75) is 18.2 Å². The summed E-state index contributed by atoms with van der Waals surface area (Å²) in [4.78, 5) is 26.0. The molecule has 4 aliphatic rings. The standard InChI is InChI=1S/C17H15NO6/c19-15-14-13(16(20)21)11-3-4-17(14,24-11)7-18(15)6-9-1-2-10-12(5-9)23-8-22-10/h1-5,11,13-14H,6-8H2,(H,20,21). The molecule has 7 heteroatoms. The molecule has 0 radical (unpaired) electrons. The van der Waals surface area contributed by atoms with Crippen molar-refractivity contribution in [3.8, 4) is 11.5 Å². The van der Waals surface area contributed by atoms with E-state index in [4.69, 9.17) is 14.2 Å². The third-order valence-corrected chi connectivity index (χ3v) is 5.27. The van der Waals surface area contributed by atoms with Gasteiger partial charge in [-0.3, -0.25) is 9.59 Å². The minimum atomic E-state index is -0.977. The number of fused-ring (bicyclic) bond motifs is 2. The number of carbonyl (C=O) groups excluding carboxylic acids is 1. The van der Waals surface area contributed by atoms with Crippen LogP contribution >= 0.6 is 0 Å². The van der Waals surface area contributed by atoms with Crippen LogP contribution in [0.3, 0.4) is 0 Å². The van der Waals surface area contributed by atoms with E-state index in [1.807, 2.05) is 24.3 Å². The summed E-state index contributed by atoms with van der Waals surface area (Å²) in [5.74, 6) is -1.22. The Labute approximate surface area is 137 Å². The summed E-state index contributed by atoms with van der Waals surface area (Å²) in [5.41, 5.74) is 0.121. The SMILES string of the molecule is O=C(O)C1C2C=CC3(CN(Cc4ccc5c(c4)OCO5)C(=O)C13)O2. The van der Waals surface area contributed by atoms with E-state index in [0.29, 0.717) is 24.6 Å². The molecule has 1 N–H and O–H groups in total. The van der Waals surface area contributed by atoms with Gasteiger partial charge in [0, 0.05) is 6.54 Å². The van der Waals surface area contributed by atoms with Gasteiger partial charge in [0.05, 0.1) is 18.6 Å². The molecular formula is C17H15NO6. The van der Waals surface area contributed by atoms with E-state index in [1.54, 1.807) is 11.0 Å². The highest BCUT2D eigenvalue weighted by Gasteiger charge is 2.66. The molecule has 0 aromatic heterocycles. The molecule has 5 rings (SSSR count). The normalized spacial score (nSPS) is 34.9. The minimum absolute atomic E-state index is 0.160. The lowest BCUT2D eigenvalue weighted by atomic mass is 9.77. The van der Waals surface area contributed by atoms with Gasteiger partial charge >= 0.3 is 5.97 Å². The first-order valence-electron chi connectivity index (χ1n) is 7.85. The number of hydrogen-bond donors (Lipinski definition) is 1. The lowest BCUT2D eigenvalue weighted by Crippen LogP contribution is -2.39. The fraction of sp³-hybridized carbons (Fsp3) is 0.412. The summed E-state index contributed by atoms with van der Waals surface area (Å²) in [6.07, 6.45) is 3.13. The predicted octanol–water partition coefficient (Wildman–Crippen LogP) is 0.782. The molecule has 24 heavy (non-hydrogen) atoms. The highest BCUT2D eigenvalue weighted by molar-refractivity contribution is 5.90. The Morgan fingerprint density at radius 3 is 3.00 bits per heavy atom. The van der Waals surface area contributed by atoms with Gasteiger partial charge in [0.25, 0.3) is 0 Å². The fourth-order valence-corrected chi connectivity index (χ4v) is 4.25. The second-order valence-electron chi connectivity index (χ2n) is 6.62. The van der Waals surface area contributed by atoms with Crippen molar-refractivity contribution in [1.29, 1.82) is 0 Å². The number of likely N-dealkylation sites (tertiary alicyclic amines) is 1. The maximum absolute atomic E-state index is 12.8. The Bertz CT molecular complexity index is 789. The molecule has 2 saturated heterocycles. The fourth-order valence-electron chi connectivity index (χ4n) is 4.25. The van der Waals surface area contributed by atoms with Crippen LogP contribution in [0.5, 0.6) is 11.5 Å². The van der Waals surface area contributed by atoms with Crippen LogP contribution in [0.2, 0.25) is 0 Å². The first-order chi connectivity index (χ1) is 11.6. The molecule has 4 atom stereocenters.